The first-order valence-corrected chi connectivity index (χ1v) is 4.11. The fourth-order valence-electron chi connectivity index (χ4n) is 0.740. The lowest BCUT2D eigenvalue weighted by atomic mass is 10.4. The molecule has 0 rings (SSSR count). The average Bonchev–Trinajstić information content (AvgIpc) is 2.13. The van der Waals surface area contributed by atoms with Crippen LogP contribution >= 0.6 is 0 Å². The van der Waals surface area contributed by atoms with Crippen molar-refractivity contribution in [2.75, 3.05) is 20.3 Å². The van der Waals surface area contributed by atoms with Gasteiger partial charge in [0.25, 0.3) is 5.09 Å². The molecule has 0 spiro atoms. The van der Waals surface area contributed by atoms with Gasteiger partial charge in [-0.3, -0.25) is 0 Å². The number of nitrogens with zero attached hydrogens (tertiary/aromatic N) is 1. The summed E-state index contributed by atoms with van der Waals surface area (Å²) in [5.74, 6) is -1.15. The molecule has 1 N–H and O–H groups in total. The maximum Gasteiger partial charge on any atom is 0.332 e. The van der Waals surface area contributed by atoms with Gasteiger partial charge in [-0.05, 0) is 6.92 Å². The molecule has 0 fully saturated rings. The molecule has 1 unspecified atom stereocenters. The molecule has 2 atom stereocenters. The molecule has 15 heavy (non-hydrogen) atoms. The minimum absolute atomic E-state index is 0.0483. The Labute approximate surface area is 85.8 Å². The molecule has 0 heterocycles. The van der Waals surface area contributed by atoms with E-state index in [0.717, 1.165) is 0 Å². The van der Waals surface area contributed by atoms with Crippen LogP contribution in [-0.2, 0) is 19.1 Å². The summed E-state index contributed by atoms with van der Waals surface area (Å²) in [6.45, 7) is 1.05. The molecule has 8 heteroatoms. The van der Waals surface area contributed by atoms with Gasteiger partial charge in [0.1, 0.15) is 0 Å². The summed E-state index contributed by atoms with van der Waals surface area (Å²) >= 11 is 0. The number of carboxylic acid groups (broad SMARTS) is 1. The molecule has 0 aliphatic rings. The molecule has 0 saturated heterocycles. The van der Waals surface area contributed by atoms with E-state index in [1.165, 1.54) is 14.0 Å². The predicted molar refractivity (Wildman–Crippen MR) is 46.8 cm³/mol. The van der Waals surface area contributed by atoms with Crippen molar-refractivity contribution in [1.29, 1.82) is 0 Å². The number of methoxy groups -OCH3 is 1. The van der Waals surface area contributed by atoms with Crippen LogP contribution in [0.5, 0.6) is 0 Å². The summed E-state index contributed by atoms with van der Waals surface area (Å²) in [6, 6.07) is 0. The predicted octanol–water partition coefficient (Wildman–Crippen LogP) is -0.301. The Hall–Kier alpha value is -1.41. The lowest BCUT2D eigenvalue weighted by Crippen LogP contribution is -2.31. The van der Waals surface area contributed by atoms with E-state index >= 15 is 0 Å². The summed E-state index contributed by atoms with van der Waals surface area (Å²) in [5.41, 5.74) is 0. The number of hydrogen-bond acceptors (Lipinski definition) is 6. The van der Waals surface area contributed by atoms with E-state index in [1.807, 2.05) is 0 Å². The van der Waals surface area contributed by atoms with Crippen molar-refractivity contribution in [2.45, 2.75) is 19.1 Å². The number of aliphatic carboxylic acids is 1. The van der Waals surface area contributed by atoms with E-state index in [4.69, 9.17) is 9.84 Å². The monoisotopic (exact) mass is 223 g/mol. The van der Waals surface area contributed by atoms with Gasteiger partial charge >= 0.3 is 5.97 Å². The van der Waals surface area contributed by atoms with Crippen molar-refractivity contribution in [2.24, 2.45) is 0 Å². The van der Waals surface area contributed by atoms with Crippen molar-refractivity contribution >= 4 is 5.97 Å². The second-order valence-corrected chi connectivity index (χ2v) is 2.72. The molecular formula is C7H13NO7. The number of ether oxygens (including phenoxy) is 2. The average molecular weight is 223 g/mol. The van der Waals surface area contributed by atoms with Crippen LogP contribution in [0.15, 0.2) is 0 Å². The Morgan fingerprint density at radius 1 is 1.53 bits per heavy atom. The molecule has 0 saturated carbocycles. The second-order valence-electron chi connectivity index (χ2n) is 2.72. The largest absolute Gasteiger partial charge is 0.479 e. The molecule has 0 aliphatic carbocycles. The zero-order valence-corrected chi connectivity index (χ0v) is 8.41. The van der Waals surface area contributed by atoms with Crippen molar-refractivity contribution in [3.05, 3.63) is 10.1 Å². The lowest BCUT2D eigenvalue weighted by Gasteiger charge is -2.15. The molecular weight excluding hydrogens is 210 g/mol. The maximum absolute atomic E-state index is 10.4. The topological polar surface area (TPSA) is 108 Å². The first kappa shape index (κ1) is 13.6. The van der Waals surface area contributed by atoms with E-state index in [9.17, 15) is 14.9 Å². The van der Waals surface area contributed by atoms with Crippen molar-refractivity contribution in [3.8, 4) is 0 Å². The Kier molecular flexibility index (Phi) is 6.30. The minimum atomic E-state index is -1.15. The first-order valence-electron chi connectivity index (χ1n) is 4.11. The normalized spacial score (nSPS) is 14.3. The van der Waals surface area contributed by atoms with Crippen LogP contribution in [0, 0.1) is 10.1 Å². The standard InChI is InChI=1S/C7H13NO7/c1-5(7(9)10)14-4-6(3-13-2)15-8(11)12/h5-6H,3-4H2,1-2H3,(H,9,10)/t5?,6-/m0/s1. The Morgan fingerprint density at radius 3 is 2.53 bits per heavy atom. The van der Waals surface area contributed by atoms with Gasteiger partial charge in [-0.25, -0.2) is 4.79 Å². The minimum Gasteiger partial charge on any atom is -0.479 e. The summed E-state index contributed by atoms with van der Waals surface area (Å²) in [6.07, 6.45) is -1.97. The highest BCUT2D eigenvalue weighted by molar-refractivity contribution is 5.71. The zero-order chi connectivity index (χ0) is 11.8. The second kappa shape index (κ2) is 6.96. The molecule has 0 aliphatic heterocycles. The van der Waals surface area contributed by atoms with Crippen LogP contribution in [-0.4, -0.2) is 48.7 Å². The number of carbonyl (C=O) groups is 1. The fraction of sp³-hybridized carbons (Fsp3) is 0.857. The van der Waals surface area contributed by atoms with Gasteiger partial charge in [0.05, 0.1) is 13.2 Å². The molecule has 0 aromatic carbocycles. The molecule has 0 aromatic heterocycles. The van der Waals surface area contributed by atoms with E-state index in [1.54, 1.807) is 0 Å². The highest BCUT2D eigenvalue weighted by atomic mass is 17.0. The molecule has 0 aromatic rings. The van der Waals surface area contributed by atoms with Crippen LogP contribution in [0.3, 0.4) is 0 Å². The highest BCUT2D eigenvalue weighted by Gasteiger charge is 2.18. The van der Waals surface area contributed by atoms with Gasteiger partial charge < -0.3 is 19.4 Å². The summed E-state index contributed by atoms with van der Waals surface area (Å²) in [4.78, 5) is 24.6. The van der Waals surface area contributed by atoms with Crippen LogP contribution in [0.2, 0.25) is 0 Å². The summed E-state index contributed by atoms with van der Waals surface area (Å²) in [5, 5.41) is 17.5. The quantitative estimate of drug-likeness (QED) is 0.444. The number of carboxylic acids is 1. The van der Waals surface area contributed by atoms with Crippen molar-refractivity contribution in [1.82, 2.24) is 0 Å². The van der Waals surface area contributed by atoms with Gasteiger partial charge in [0.2, 0.25) is 0 Å². The van der Waals surface area contributed by atoms with E-state index in [2.05, 4.69) is 9.57 Å². The van der Waals surface area contributed by atoms with Gasteiger partial charge in [-0.1, -0.05) is 0 Å². The number of rotatable bonds is 8. The van der Waals surface area contributed by atoms with Gasteiger partial charge in [-0.2, -0.15) is 0 Å². The summed E-state index contributed by atoms with van der Waals surface area (Å²) < 4.78 is 9.45. The van der Waals surface area contributed by atoms with E-state index in [0.29, 0.717) is 0 Å². The molecule has 0 radical (unpaired) electrons. The van der Waals surface area contributed by atoms with Gasteiger partial charge in [0, 0.05) is 7.11 Å². The third-order valence-electron chi connectivity index (χ3n) is 1.47. The highest BCUT2D eigenvalue weighted by Crippen LogP contribution is 1.98. The third-order valence-corrected chi connectivity index (χ3v) is 1.47. The lowest BCUT2D eigenvalue weighted by molar-refractivity contribution is -0.769. The van der Waals surface area contributed by atoms with Crippen LogP contribution < -0.4 is 0 Å². The Morgan fingerprint density at radius 2 is 2.13 bits per heavy atom. The van der Waals surface area contributed by atoms with Crippen molar-refractivity contribution in [3.63, 3.8) is 0 Å². The number of hydrogen-bond donors (Lipinski definition) is 1. The molecule has 0 bridgehead atoms. The van der Waals surface area contributed by atoms with Crippen LogP contribution in [0.25, 0.3) is 0 Å². The Bertz CT molecular complexity index is 219. The fourth-order valence-corrected chi connectivity index (χ4v) is 0.740. The van der Waals surface area contributed by atoms with Crippen molar-refractivity contribution < 1.29 is 29.3 Å². The zero-order valence-electron chi connectivity index (χ0n) is 8.41. The maximum atomic E-state index is 10.4. The molecule has 0 amide bonds. The van der Waals surface area contributed by atoms with Gasteiger partial charge in [0.15, 0.2) is 12.2 Å². The van der Waals surface area contributed by atoms with E-state index in [-0.39, 0.29) is 13.2 Å². The summed E-state index contributed by atoms with van der Waals surface area (Å²) in [7, 11) is 1.34. The van der Waals surface area contributed by atoms with E-state index < -0.39 is 23.3 Å². The molecule has 88 valence electrons. The van der Waals surface area contributed by atoms with Crippen LogP contribution in [0.4, 0.5) is 0 Å². The Balaban J connectivity index is 3.94. The SMILES string of the molecule is COC[C@@H](COC(C)C(=O)O)O[N+](=O)[O-]. The third kappa shape index (κ3) is 6.63. The van der Waals surface area contributed by atoms with Gasteiger partial charge in [-0.15, -0.1) is 10.1 Å². The first-order chi connectivity index (χ1) is 6.97. The smallest absolute Gasteiger partial charge is 0.332 e. The van der Waals surface area contributed by atoms with Crippen LogP contribution in [0.1, 0.15) is 6.92 Å². The molecule has 8 nitrogen and oxygen atoms in total.